The molecule has 1 aliphatic heterocycles. The molecule has 1 saturated heterocycles. The van der Waals surface area contributed by atoms with Gasteiger partial charge < -0.3 is 19.7 Å². The van der Waals surface area contributed by atoms with Gasteiger partial charge in [0.2, 0.25) is 0 Å². The Kier molecular flexibility index (Phi) is 5.59. The van der Waals surface area contributed by atoms with E-state index in [1.165, 1.54) is 18.4 Å². The second-order valence-electron chi connectivity index (χ2n) is 7.96. The first-order chi connectivity index (χ1) is 13.2. The number of aliphatic hydroxyl groups excluding tert-OH is 1. The first-order valence-electron chi connectivity index (χ1n) is 9.86. The smallest absolute Gasteiger partial charge is 0.140 e. The van der Waals surface area contributed by atoms with E-state index >= 15 is 0 Å². The molecule has 27 heavy (non-hydrogen) atoms. The van der Waals surface area contributed by atoms with E-state index in [2.05, 4.69) is 52.6 Å². The molecule has 1 aliphatic carbocycles. The SMILES string of the molecule is C[C@@H]1COC[C@@](CO)(CNCc2cc(C3CC3)on2)N1Cc1ccccc1. The van der Waals surface area contributed by atoms with E-state index in [0.717, 1.165) is 18.0 Å². The van der Waals surface area contributed by atoms with Crippen molar-refractivity contribution in [3.8, 4) is 0 Å². The highest BCUT2D eigenvalue weighted by atomic mass is 16.5. The van der Waals surface area contributed by atoms with Crippen molar-refractivity contribution in [2.75, 3.05) is 26.4 Å². The molecular formula is C21H29N3O3. The van der Waals surface area contributed by atoms with Crippen LogP contribution in [0, 0.1) is 0 Å². The number of nitrogens with zero attached hydrogens (tertiary/aromatic N) is 2. The summed E-state index contributed by atoms with van der Waals surface area (Å²) < 4.78 is 11.3. The average molecular weight is 371 g/mol. The lowest BCUT2D eigenvalue weighted by molar-refractivity contribution is -0.122. The number of nitrogens with one attached hydrogen (secondary N) is 1. The maximum absolute atomic E-state index is 10.3. The van der Waals surface area contributed by atoms with E-state index < -0.39 is 5.54 Å². The van der Waals surface area contributed by atoms with Gasteiger partial charge in [0.25, 0.3) is 0 Å². The fourth-order valence-electron chi connectivity index (χ4n) is 3.90. The van der Waals surface area contributed by atoms with Crippen LogP contribution in [-0.2, 0) is 17.8 Å². The molecule has 0 bridgehead atoms. The summed E-state index contributed by atoms with van der Waals surface area (Å²) in [5.41, 5.74) is 1.72. The highest BCUT2D eigenvalue weighted by Gasteiger charge is 2.42. The van der Waals surface area contributed by atoms with Crippen LogP contribution in [0.3, 0.4) is 0 Å². The number of rotatable bonds is 8. The lowest BCUT2D eigenvalue weighted by Gasteiger charge is -2.49. The topological polar surface area (TPSA) is 70.8 Å². The van der Waals surface area contributed by atoms with Crippen molar-refractivity contribution in [1.29, 1.82) is 0 Å². The zero-order valence-electron chi connectivity index (χ0n) is 15.9. The van der Waals surface area contributed by atoms with Gasteiger partial charge in [0.05, 0.1) is 31.1 Å². The third kappa shape index (κ3) is 4.24. The van der Waals surface area contributed by atoms with E-state index in [1.54, 1.807) is 0 Å². The normalized spacial score (nSPS) is 26.4. The molecule has 0 radical (unpaired) electrons. The third-order valence-corrected chi connectivity index (χ3v) is 5.68. The standard InChI is InChI=1S/C21H29N3O3/c1-16-12-26-15-21(14-25,24(16)11-17-5-3-2-4-6-17)13-22-10-19-9-20(27-23-19)18-7-8-18/h2-6,9,16,18,22,25H,7-8,10-15H2,1H3/t16-,21+/m1/s1. The fraction of sp³-hybridized carbons (Fsp3) is 0.571. The summed E-state index contributed by atoms with van der Waals surface area (Å²) in [6.07, 6.45) is 2.42. The van der Waals surface area contributed by atoms with Crippen molar-refractivity contribution in [2.24, 2.45) is 0 Å². The molecule has 2 atom stereocenters. The average Bonchev–Trinajstić information content (AvgIpc) is 3.44. The van der Waals surface area contributed by atoms with Crippen molar-refractivity contribution < 1.29 is 14.4 Å². The van der Waals surface area contributed by atoms with Crippen LogP contribution in [0.4, 0.5) is 0 Å². The van der Waals surface area contributed by atoms with Crippen LogP contribution in [0.15, 0.2) is 40.9 Å². The summed E-state index contributed by atoms with van der Waals surface area (Å²) in [7, 11) is 0. The molecule has 2 fully saturated rings. The molecule has 2 heterocycles. The van der Waals surface area contributed by atoms with Crippen LogP contribution in [0.2, 0.25) is 0 Å². The Hall–Kier alpha value is -1.73. The molecule has 6 heteroatoms. The Balaban J connectivity index is 1.42. The number of hydrogen-bond acceptors (Lipinski definition) is 6. The molecule has 2 aromatic rings. The molecule has 0 spiro atoms. The van der Waals surface area contributed by atoms with Gasteiger partial charge in [-0.2, -0.15) is 0 Å². The molecule has 6 nitrogen and oxygen atoms in total. The molecule has 1 saturated carbocycles. The zero-order chi connectivity index (χ0) is 18.7. The highest BCUT2D eigenvalue weighted by Crippen LogP contribution is 2.40. The van der Waals surface area contributed by atoms with E-state index in [9.17, 15) is 5.11 Å². The highest BCUT2D eigenvalue weighted by molar-refractivity contribution is 5.16. The predicted octanol–water partition coefficient (Wildman–Crippen LogP) is 2.29. The van der Waals surface area contributed by atoms with Crippen molar-refractivity contribution in [2.45, 2.75) is 50.4 Å². The van der Waals surface area contributed by atoms with Gasteiger partial charge in [0, 0.05) is 37.7 Å². The molecular weight excluding hydrogens is 342 g/mol. The van der Waals surface area contributed by atoms with Gasteiger partial charge in [-0.3, -0.25) is 4.90 Å². The summed E-state index contributed by atoms with van der Waals surface area (Å²) in [5, 5.41) is 17.9. The molecule has 2 aliphatic rings. The van der Waals surface area contributed by atoms with Gasteiger partial charge in [-0.1, -0.05) is 35.5 Å². The maximum Gasteiger partial charge on any atom is 0.140 e. The minimum Gasteiger partial charge on any atom is -0.394 e. The van der Waals surface area contributed by atoms with Crippen molar-refractivity contribution in [3.63, 3.8) is 0 Å². The minimum atomic E-state index is -0.448. The van der Waals surface area contributed by atoms with Crippen LogP contribution in [0.1, 0.15) is 42.7 Å². The third-order valence-electron chi connectivity index (χ3n) is 5.68. The van der Waals surface area contributed by atoms with E-state index in [1.807, 2.05) is 6.07 Å². The fourth-order valence-corrected chi connectivity index (χ4v) is 3.90. The van der Waals surface area contributed by atoms with Gasteiger partial charge in [-0.05, 0) is 25.3 Å². The summed E-state index contributed by atoms with van der Waals surface area (Å²) in [4.78, 5) is 2.37. The van der Waals surface area contributed by atoms with Gasteiger partial charge in [0.15, 0.2) is 0 Å². The van der Waals surface area contributed by atoms with Crippen LogP contribution < -0.4 is 5.32 Å². The Morgan fingerprint density at radius 3 is 2.85 bits per heavy atom. The molecule has 4 rings (SSSR count). The number of aromatic nitrogens is 1. The van der Waals surface area contributed by atoms with E-state index in [0.29, 0.717) is 32.2 Å². The van der Waals surface area contributed by atoms with Crippen LogP contribution in [-0.4, -0.2) is 53.1 Å². The first-order valence-corrected chi connectivity index (χ1v) is 9.86. The summed E-state index contributed by atoms with van der Waals surface area (Å²) in [5.74, 6) is 1.58. The Morgan fingerprint density at radius 1 is 1.30 bits per heavy atom. The molecule has 2 N–H and O–H groups in total. The van der Waals surface area contributed by atoms with Crippen LogP contribution >= 0.6 is 0 Å². The number of hydrogen-bond donors (Lipinski definition) is 2. The van der Waals surface area contributed by atoms with E-state index in [4.69, 9.17) is 9.26 Å². The number of ether oxygens (including phenoxy) is 1. The first kappa shape index (κ1) is 18.6. The second-order valence-corrected chi connectivity index (χ2v) is 7.96. The number of morpholine rings is 1. The molecule has 0 amide bonds. The predicted molar refractivity (Wildman–Crippen MR) is 102 cm³/mol. The lowest BCUT2D eigenvalue weighted by atomic mass is 9.94. The number of aliphatic hydroxyl groups is 1. The molecule has 146 valence electrons. The van der Waals surface area contributed by atoms with Crippen LogP contribution in [0.25, 0.3) is 0 Å². The number of benzene rings is 1. The minimum absolute atomic E-state index is 0.0450. The van der Waals surface area contributed by atoms with Crippen molar-refractivity contribution in [1.82, 2.24) is 15.4 Å². The van der Waals surface area contributed by atoms with Gasteiger partial charge in [-0.25, -0.2) is 0 Å². The summed E-state index contributed by atoms with van der Waals surface area (Å²) in [6.45, 7) is 5.46. The largest absolute Gasteiger partial charge is 0.394 e. The van der Waals surface area contributed by atoms with Crippen LogP contribution in [0.5, 0.6) is 0 Å². The summed E-state index contributed by atoms with van der Waals surface area (Å²) in [6, 6.07) is 12.7. The second kappa shape index (κ2) is 8.10. The van der Waals surface area contributed by atoms with E-state index in [-0.39, 0.29) is 12.6 Å². The summed E-state index contributed by atoms with van der Waals surface area (Å²) >= 11 is 0. The maximum atomic E-state index is 10.3. The quantitative estimate of drug-likeness (QED) is 0.742. The molecule has 1 aromatic carbocycles. The Morgan fingerprint density at radius 2 is 2.11 bits per heavy atom. The lowest BCUT2D eigenvalue weighted by Crippen LogP contribution is -2.66. The van der Waals surface area contributed by atoms with Gasteiger partial charge >= 0.3 is 0 Å². The zero-order valence-corrected chi connectivity index (χ0v) is 15.9. The monoisotopic (exact) mass is 371 g/mol. The van der Waals surface area contributed by atoms with Gasteiger partial charge in [-0.15, -0.1) is 0 Å². The Bertz CT molecular complexity index is 731. The van der Waals surface area contributed by atoms with Crippen molar-refractivity contribution in [3.05, 3.63) is 53.4 Å². The van der Waals surface area contributed by atoms with Gasteiger partial charge in [0.1, 0.15) is 5.76 Å². The molecule has 1 aromatic heterocycles. The van der Waals surface area contributed by atoms with Crippen molar-refractivity contribution >= 4 is 0 Å². The molecule has 0 unspecified atom stereocenters. The Labute approximate surface area is 160 Å².